The third kappa shape index (κ3) is 4.94. The molecule has 1 fully saturated rings. The first kappa shape index (κ1) is 32.1. The Kier molecular flexibility index (Phi) is 7.76. The topological polar surface area (TPSA) is 124 Å². The number of hydrogen-bond acceptors (Lipinski definition) is 9. The highest BCUT2D eigenvalue weighted by atomic mass is 19.4. The number of halogens is 3. The number of nitrogens with one attached hydrogen (secondary N) is 1. The summed E-state index contributed by atoms with van der Waals surface area (Å²) in [5.41, 5.74) is 3.42. The SMILES string of the molecule is COc1c(C)cc2c(c1O)[C@H]1C3Cc4c(O)c(C)c5c(c4[C@H](CNC(=O)/C=C/c4cccc(C(F)(F)F)c4)N3[C@@H](O)[C@@H](C2)N1C)OCO5. The maximum Gasteiger partial charge on any atom is 0.416 e. The van der Waals surface area contributed by atoms with Crippen molar-refractivity contribution in [3.63, 3.8) is 0 Å². The van der Waals surface area contributed by atoms with Crippen LogP contribution in [0.15, 0.2) is 36.4 Å². The molecule has 4 aliphatic heterocycles. The van der Waals surface area contributed by atoms with Crippen LogP contribution in [-0.2, 0) is 23.8 Å². The molecule has 254 valence electrons. The Morgan fingerprint density at radius 2 is 1.83 bits per heavy atom. The van der Waals surface area contributed by atoms with Gasteiger partial charge in [-0.05, 0) is 68.6 Å². The summed E-state index contributed by atoms with van der Waals surface area (Å²) in [6.07, 6.45) is -2.36. The van der Waals surface area contributed by atoms with Crippen LogP contribution in [0.25, 0.3) is 6.08 Å². The number of nitrogens with zero attached hydrogens (tertiary/aromatic N) is 2. The minimum atomic E-state index is -4.52. The summed E-state index contributed by atoms with van der Waals surface area (Å²) in [5.74, 6) is 0.671. The van der Waals surface area contributed by atoms with Crippen molar-refractivity contribution in [2.24, 2.45) is 0 Å². The van der Waals surface area contributed by atoms with Gasteiger partial charge in [0, 0.05) is 40.9 Å². The molecule has 10 nitrogen and oxygen atoms in total. The van der Waals surface area contributed by atoms with Gasteiger partial charge in [0.05, 0.1) is 30.8 Å². The van der Waals surface area contributed by atoms with E-state index >= 15 is 0 Å². The van der Waals surface area contributed by atoms with Crippen LogP contribution in [0.4, 0.5) is 13.2 Å². The predicted molar refractivity (Wildman–Crippen MR) is 168 cm³/mol. The number of fused-ring (bicyclic) bond motifs is 9. The number of hydrogen-bond donors (Lipinski definition) is 4. The second-order valence-electron chi connectivity index (χ2n) is 12.8. The Morgan fingerprint density at radius 1 is 1.08 bits per heavy atom. The molecule has 0 saturated carbocycles. The number of piperazine rings is 1. The highest BCUT2D eigenvalue weighted by molar-refractivity contribution is 5.91. The Morgan fingerprint density at radius 3 is 2.56 bits per heavy atom. The second kappa shape index (κ2) is 11.6. The molecule has 0 aromatic heterocycles. The van der Waals surface area contributed by atoms with Gasteiger partial charge in [-0.2, -0.15) is 13.2 Å². The maximum absolute atomic E-state index is 13.2. The number of methoxy groups -OCH3 is 1. The lowest BCUT2D eigenvalue weighted by molar-refractivity contribution is -0.172. The van der Waals surface area contributed by atoms with Gasteiger partial charge in [0.2, 0.25) is 12.7 Å². The number of alkyl halides is 3. The molecule has 4 heterocycles. The standard InChI is InChI=1S/C35H36F3N3O7/c1-16-10-19-12-23-34(45)41-22(28(40(23)3)26(19)30(44)31(16)46-4)13-21-27(33-32(47-15-48-33)17(2)29(21)43)24(41)14-39-25(42)9-8-18-6-5-7-20(11-18)35(36,37)38/h5-11,22-24,28,34,43-45H,12-15H2,1-4H3,(H,39,42)/b9-8+/t22?,23-,24+,28-,34+/m1/s1. The molecule has 0 spiro atoms. The number of aryl methyl sites for hydroxylation is 1. The molecule has 4 N–H and O–H groups in total. The number of amides is 1. The van der Waals surface area contributed by atoms with Gasteiger partial charge in [-0.25, -0.2) is 0 Å². The highest BCUT2D eigenvalue weighted by Gasteiger charge is 2.56. The van der Waals surface area contributed by atoms with Gasteiger partial charge in [-0.15, -0.1) is 0 Å². The van der Waals surface area contributed by atoms with Crippen LogP contribution in [-0.4, -0.2) is 76.8 Å². The summed E-state index contributed by atoms with van der Waals surface area (Å²) in [4.78, 5) is 17.1. The van der Waals surface area contributed by atoms with Crippen molar-refractivity contribution >= 4 is 12.0 Å². The van der Waals surface area contributed by atoms with Crippen molar-refractivity contribution in [3.8, 4) is 28.7 Å². The summed E-state index contributed by atoms with van der Waals surface area (Å²) in [6, 6.07) is 4.65. The van der Waals surface area contributed by atoms with Gasteiger partial charge in [0.1, 0.15) is 12.0 Å². The van der Waals surface area contributed by atoms with Crippen LogP contribution in [0, 0.1) is 13.8 Å². The lowest BCUT2D eigenvalue weighted by atomic mass is 9.73. The summed E-state index contributed by atoms with van der Waals surface area (Å²) in [5, 5.41) is 38.0. The lowest BCUT2D eigenvalue weighted by Crippen LogP contribution is -2.69. The van der Waals surface area contributed by atoms with E-state index in [1.807, 2.05) is 24.9 Å². The Bertz CT molecular complexity index is 1850. The average molecular weight is 668 g/mol. The predicted octanol–water partition coefficient (Wildman–Crippen LogP) is 4.50. The number of phenolic OH excluding ortho intramolecular Hbond substituents is 2. The highest BCUT2D eigenvalue weighted by Crippen LogP contribution is 2.57. The minimum absolute atomic E-state index is 0.0238. The smallest absolute Gasteiger partial charge is 0.416 e. The van der Waals surface area contributed by atoms with Gasteiger partial charge < -0.3 is 34.8 Å². The maximum atomic E-state index is 13.2. The molecule has 4 aliphatic rings. The van der Waals surface area contributed by atoms with E-state index in [2.05, 4.69) is 10.2 Å². The number of carbonyl (C=O) groups excluding carboxylic acids is 1. The molecule has 2 bridgehead atoms. The summed E-state index contributed by atoms with van der Waals surface area (Å²) < 4.78 is 56.9. The van der Waals surface area contributed by atoms with E-state index in [4.69, 9.17) is 14.2 Å². The largest absolute Gasteiger partial charge is 0.507 e. The quantitative estimate of drug-likeness (QED) is 0.292. The monoisotopic (exact) mass is 667 g/mol. The van der Waals surface area contributed by atoms with Crippen LogP contribution < -0.4 is 19.5 Å². The second-order valence-corrected chi connectivity index (χ2v) is 12.8. The van der Waals surface area contributed by atoms with Gasteiger partial charge >= 0.3 is 6.18 Å². The number of ether oxygens (including phenoxy) is 3. The zero-order valence-electron chi connectivity index (χ0n) is 26.8. The van der Waals surface area contributed by atoms with Crippen LogP contribution in [0.3, 0.4) is 0 Å². The minimum Gasteiger partial charge on any atom is -0.507 e. The van der Waals surface area contributed by atoms with E-state index in [1.54, 1.807) is 6.92 Å². The number of phenols is 2. The number of aromatic hydroxyl groups is 2. The van der Waals surface area contributed by atoms with Crippen molar-refractivity contribution in [1.82, 2.24) is 15.1 Å². The number of carbonyl (C=O) groups is 1. The molecular formula is C35H36F3N3O7. The molecule has 48 heavy (non-hydrogen) atoms. The average Bonchev–Trinajstić information content (AvgIpc) is 3.54. The van der Waals surface area contributed by atoms with E-state index in [-0.39, 0.29) is 42.9 Å². The molecule has 3 aromatic rings. The zero-order chi connectivity index (χ0) is 34.2. The van der Waals surface area contributed by atoms with Gasteiger partial charge in [-0.1, -0.05) is 18.2 Å². The van der Waals surface area contributed by atoms with E-state index in [0.717, 1.165) is 29.3 Å². The fourth-order valence-electron chi connectivity index (χ4n) is 8.10. The van der Waals surface area contributed by atoms with Crippen molar-refractivity contribution in [2.45, 2.75) is 63.3 Å². The molecular weight excluding hydrogens is 631 g/mol. The van der Waals surface area contributed by atoms with Crippen LogP contribution in [0.2, 0.25) is 0 Å². The van der Waals surface area contributed by atoms with Gasteiger partial charge in [0.25, 0.3) is 0 Å². The summed E-state index contributed by atoms with van der Waals surface area (Å²) in [7, 11) is 3.40. The number of aliphatic hydroxyl groups is 1. The molecule has 5 atom stereocenters. The Hall–Kier alpha value is -4.46. The molecule has 0 radical (unpaired) electrons. The zero-order valence-corrected chi connectivity index (χ0v) is 26.8. The van der Waals surface area contributed by atoms with E-state index in [9.17, 15) is 33.3 Å². The van der Waals surface area contributed by atoms with Crippen LogP contribution in [0.1, 0.15) is 56.6 Å². The molecule has 7 rings (SSSR count). The van der Waals surface area contributed by atoms with Crippen molar-refractivity contribution in [1.29, 1.82) is 0 Å². The van der Waals surface area contributed by atoms with E-state index in [0.29, 0.717) is 45.9 Å². The Balaban J connectivity index is 1.29. The molecule has 1 saturated heterocycles. The lowest BCUT2D eigenvalue weighted by Gasteiger charge is -2.60. The van der Waals surface area contributed by atoms with Gasteiger partial charge in [0.15, 0.2) is 23.0 Å². The van der Waals surface area contributed by atoms with Crippen LogP contribution >= 0.6 is 0 Å². The fraction of sp³-hybridized carbons (Fsp3) is 0.400. The third-order valence-electron chi connectivity index (χ3n) is 10.2. The first-order valence-electron chi connectivity index (χ1n) is 15.7. The van der Waals surface area contributed by atoms with Gasteiger partial charge in [-0.3, -0.25) is 14.6 Å². The molecule has 13 heteroatoms. The first-order valence-corrected chi connectivity index (χ1v) is 15.7. The summed E-state index contributed by atoms with van der Waals surface area (Å²) in [6.45, 7) is 3.49. The number of aliphatic hydroxyl groups excluding tert-OH is 1. The molecule has 0 aliphatic carbocycles. The fourth-order valence-corrected chi connectivity index (χ4v) is 8.10. The van der Waals surface area contributed by atoms with Crippen molar-refractivity contribution in [2.75, 3.05) is 27.5 Å². The van der Waals surface area contributed by atoms with Crippen molar-refractivity contribution in [3.05, 3.63) is 80.9 Å². The van der Waals surface area contributed by atoms with Crippen LogP contribution in [0.5, 0.6) is 28.7 Å². The number of likely N-dealkylation sites (N-methyl/N-ethyl adjacent to an activating group) is 1. The molecule has 1 amide bonds. The van der Waals surface area contributed by atoms with E-state index < -0.39 is 42.0 Å². The number of rotatable bonds is 5. The Labute approximate surface area is 274 Å². The summed E-state index contributed by atoms with van der Waals surface area (Å²) >= 11 is 0. The van der Waals surface area contributed by atoms with E-state index in [1.165, 1.54) is 25.3 Å². The molecule has 1 unspecified atom stereocenters. The molecule has 3 aromatic carbocycles. The normalized spacial score (nSPS) is 24.6. The van der Waals surface area contributed by atoms with Crippen molar-refractivity contribution < 1.29 is 47.5 Å². The number of benzene rings is 3. The third-order valence-corrected chi connectivity index (χ3v) is 10.2. The first-order chi connectivity index (χ1) is 22.8.